The van der Waals surface area contributed by atoms with Crippen molar-refractivity contribution in [3.05, 3.63) is 34.9 Å². The molecule has 2 rings (SSSR count). The van der Waals surface area contributed by atoms with Crippen LogP contribution in [0.25, 0.3) is 0 Å². The Labute approximate surface area is 144 Å². The Morgan fingerprint density at radius 1 is 1.21 bits per heavy atom. The van der Waals surface area contributed by atoms with Gasteiger partial charge in [-0.05, 0) is 49.3 Å². The second-order valence-corrected chi connectivity index (χ2v) is 6.91. The molecule has 1 fully saturated rings. The number of amides is 2. The van der Waals surface area contributed by atoms with Crippen molar-refractivity contribution in [3.8, 4) is 0 Å². The third-order valence-electron chi connectivity index (χ3n) is 4.99. The van der Waals surface area contributed by atoms with Crippen molar-refractivity contribution in [2.75, 3.05) is 0 Å². The third kappa shape index (κ3) is 5.25. The van der Waals surface area contributed by atoms with Crippen LogP contribution in [-0.4, -0.2) is 12.0 Å². The Kier molecular flexibility index (Phi) is 6.64. The van der Waals surface area contributed by atoms with Crippen LogP contribution in [0.15, 0.2) is 23.2 Å². The zero-order chi connectivity index (χ0) is 17.5. The standard InChI is InChI=1S/C19H30N4O/c1-13-7-6-8-14(2)17(13)16(22-18(20)23-19(21)24)12-11-15-9-4-3-5-10-15/h6-8,15-16H,3-5,9-12H2,1-2H3,(H5,20,21,22,23,24). The van der Waals surface area contributed by atoms with E-state index < -0.39 is 6.03 Å². The van der Waals surface area contributed by atoms with Crippen LogP contribution in [-0.2, 0) is 0 Å². The highest BCUT2D eigenvalue weighted by molar-refractivity contribution is 5.94. The number of aryl methyl sites for hydroxylation is 2. The molecule has 0 spiro atoms. The molecule has 0 heterocycles. The smallest absolute Gasteiger partial charge is 0.318 e. The Morgan fingerprint density at radius 3 is 2.42 bits per heavy atom. The zero-order valence-corrected chi connectivity index (χ0v) is 14.8. The van der Waals surface area contributed by atoms with Gasteiger partial charge in [0.25, 0.3) is 0 Å². The van der Waals surface area contributed by atoms with Gasteiger partial charge in [-0.2, -0.15) is 0 Å². The maximum atomic E-state index is 11.0. The summed E-state index contributed by atoms with van der Waals surface area (Å²) in [5.74, 6) is 0.880. The largest absolute Gasteiger partial charge is 0.370 e. The molecule has 1 aromatic rings. The second-order valence-electron chi connectivity index (χ2n) is 6.91. The van der Waals surface area contributed by atoms with E-state index in [0.29, 0.717) is 0 Å². The summed E-state index contributed by atoms with van der Waals surface area (Å²) in [4.78, 5) is 15.6. The van der Waals surface area contributed by atoms with Gasteiger partial charge in [0.2, 0.25) is 0 Å². The number of carbonyl (C=O) groups excluding carboxylic acids is 1. The molecular weight excluding hydrogens is 300 g/mol. The minimum atomic E-state index is -0.677. The Bertz CT molecular complexity index is 571. The highest BCUT2D eigenvalue weighted by Gasteiger charge is 2.20. The van der Waals surface area contributed by atoms with Crippen molar-refractivity contribution in [3.63, 3.8) is 0 Å². The molecule has 1 aromatic carbocycles. The third-order valence-corrected chi connectivity index (χ3v) is 4.99. The molecule has 0 bridgehead atoms. The van der Waals surface area contributed by atoms with Crippen LogP contribution in [0.1, 0.15) is 67.7 Å². The zero-order valence-electron chi connectivity index (χ0n) is 14.8. The second kappa shape index (κ2) is 8.71. The van der Waals surface area contributed by atoms with E-state index in [1.165, 1.54) is 48.8 Å². The van der Waals surface area contributed by atoms with Gasteiger partial charge < -0.3 is 11.5 Å². The van der Waals surface area contributed by atoms with Gasteiger partial charge in [-0.25, -0.2) is 9.79 Å². The van der Waals surface area contributed by atoms with Crippen LogP contribution in [0.4, 0.5) is 4.79 Å². The molecule has 0 saturated heterocycles. The molecule has 5 nitrogen and oxygen atoms in total. The Hall–Kier alpha value is -2.04. The van der Waals surface area contributed by atoms with E-state index in [9.17, 15) is 4.79 Å². The number of carbonyl (C=O) groups is 1. The van der Waals surface area contributed by atoms with Crippen LogP contribution in [0.2, 0.25) is 0 Å². The number of rotatable bonds is 5. The number of hydrogen-bond acceptors (Lipinski definition) is 2. The fourth-order valence-corrected chi connectivity index (χ4v) is 3.82. The predicted octanol–water partition coefficient (Wildman–Crippen LogP) is 3.69. The lowest BCUT2D eigenvalue weighted by Crippen LogP contribution is -2.40. The van der Waals surface area contributed by atoms with Gasteiger partial charge in [-0.15, -0.1) is 0 Å². The summed E-state index contributed by atoms with van der Waals surface area (Å²) in [6, 6.07) is 5.54. The number of primary amides is 1. The molecule has 1 aliphatic carbocycles. The van der Waals surface area contributed by atoms with Gasteiger partial charge in [0, 0.05) is 0 Å². The maximum absolute atomic E-state index is 11.0. The van der Waals surface area contributed by atoms with Gasteiger partial charge in [-0.3, -0.25) is 5.32 Å². The van der Waals surface area contributed by atoms with E-state index in [4.69, 9.17) is 11.5 Å². The average Bonchev–Trinajstić information content (AvgIpc) is 2.52. The van der Waals surface area contributed by atoms with Crippen molar-refractivity contribution in [1.29, 1.82) is 0 Å². The van der Waals surface area contributed by atoms with Crippen LogP contribution >= 0.6 is 0 Å². The summed E-state index contributed by atoms with van der Waals surface area (Å²) in [6.45, 7) is 4.20. The molecular formula is C19H30N4O. The first kappa shape index (κ1) is 18.3. The van der Waals surface area contributed by atoms with Crippen LogP contribution in [0, 0.1) is 19.8 Å². The lowest BCUT2D eigenvalue weighted by atomic mass is 9.83. The number of nitrogens with zero attached hydrogens (tertiary/aromatic N) is 1. The molecule has 0 aromatic heterocycles. The van der Waals surface area contributed by atoms with Gasteiger partial charge in [-0.1, -0.05) is 50.3 Å². The van der Waals surface area contributed by atoms with Gasteiger partial charge >= 0.3 is 6.03 Å². The summed E-state index contributed by atoms with van der Waals surface area (Å²) in [5.41, 5.74) is 14.6. The fourth-order valence-electron chi connectivity index (χ4n) is 3.82. The molecule has 1 saturated carbocycles. The van der Waals surface area contributed by atoms with Gasteiger partial charge in [0.05, 0.1) is 6.04 Å². The molecule has 1 aliphatic rings. The van der Waals surface area contributed by atoms with Crippen LogP contribution in [0.5, 0.6) is 0 Å². The molecule has 24 heavy (non-hydrogen) atoms. The SMILES string of the molecule is Cc1cccc(C)c1C(CCC1CCCCC1)N=C(N)NC(N)=O. The van der Waals surface area contributed by atoms with E-state index in [1.807, 2.05) is 0 Å². The highest BCUT2D eigenvalue weighted by atomic mass is 16.2. The molecule has 5 N–H and O–H groups in total. The highest BCUT2D eigenvalue weighted by Crippen LogP contribution is 2.34. The number of aliphatic imine (C=N–C) groups is 1. The van der Waals surface area contributed by atoms with Crippen molar-refractivity contribution in [2.24, 2.45) is 22.4 Å². The number of guanidine groups is 1. The van der Waals surface area contributed by atoms with Crippen molar-refractivity contribution in [1.82, 2.24) is 5.32 Å². The number of nitrogens with two attached hydrogens (primary N) is 2. The topological polar surface area (TPSA) is 93.5 Å². The van der Waals surface area contributed by atoms with Crippen molar-refractivity contribution >= 4 is 12.0 Å². The van der Waals surface area contributed by atoms with E-state index in [2.05, 4.69) is 42.4 Å². The van der Waals surface area contributed by atoms with Crippen molar-refractivity contribution < 1.29 is 4.79 Å². The molecule has 0 radical (unpaired) electrons. The van der Waals surface area contributed by atoms with E-state index in [-0.39, 0.29) is 12.0 Å². The number of urea groups is 1. The quantitative estimate of drug-likeness (QED) is 0.567. The minimum Gasteiger partial charge on any atom is -0.370 e. The van der Waals surface area contributed by atoms with E-state index >= 15 is 0 Å². The van der Waals surface area contributed by atoms with E-state index in [0.717, 1.165) is 18.8 Å². The Morgan fingerprint density at radius 2 is 1.83 bits per heavy atom. The van der Waals surface area contributed by atoms with Gasteiger partial charge in [0.15, 0.2) is 5.96 Å². The maximum Gasteiger partial charge on any atom is 0.318 e. The molecule has 2 amide bonds. The normalized spacial score (nSPS) is 17.5. The average molecular weight is 330 g/mol. The summed E-state index contributed by atoms with van der Waals surface area (Å²) in [7, 11) is 0. The molecule has 1 atom stereocenters. The number of benzene rings is 1. The summed E-state index contributed by atoms with van der Waals surface area (Å²) < 4.78 is 0. The van der Waals surface area contributed by atoms with Gasteiger partial charge in [0.1, 0.15) is 0 Å². The Balaban J connectivity index is 2.18. The monoisotopic (exact) mass is 330 g/mol. The number of nitrogens with one attached hydrogen (secondary N) is 1. The van der Waals surface area contributed by atoms with E-state index in [1.54, 1.807) is 0 Å². The predicted molar refractivity (Wildman–Crippen MR) is 98.8 cm³/mol. The minimum absolute atomic E-state index is 0.0417. The summed E-state index contributed by atoms with van der Waals surface area (Å²) >= 11 is 0. The van der Waals surface area contributed by atoms with Crippen LogP contribution < -0.4 is 16.8 Å². The molecule has 5 heteroatoms. The lowest BCUT2D eigenvalue weighted by Gasteiger charge is -2.24. The summed E-state index contributed by atoms with van der Waals surface area (Å²) in [6.07, 6.45) is 8.77. The van der Waals surface area contributed by atoms with Crippen molar-refractivity contribution in [2.45, 2.75) is 64.8 Å². The number of hydrogen-bond donors (Lipinski definition) is 3. The lowest BCUT2D eigenvalue weighted by molar-refractivity contribution is 0.253. The first-order valence-corrected chi connectivity index (χ1v) is 8.93. The molecule has 1 unspecified atom stereocenters. The van der Waals surface area contributed by atoms with Crippen LogP contribution in [0.3, 0.4) is 0 Å². The first-order chi connectivity index (χ1) is 11.5. The fraction of sp³-hybridized carbons (Fsp3) is 0.579. The molecule has 0 aliphatic heterocycles. The molecule has 132 valence electrons. The first-order valence-electron chi connectivity index (χ1n) is 8.93. The summed E-state index contributed by atoms with van der Waals surface area (Å²) in [5, 5.41) is 2.39.